The molecule has 0 unspecified atom stereocenters. The summed E-state index contributed by atoms with van der Waals surface area (Å²) >= 11 is 0. The Morgan fingerprint density at radius 1 is 0.645 bits per heavy atom. The van der Waals surface area contributed by atoms with Gasteiger partial charge in [0.2, 0.25) is 47.3 Å². The Hall–Kier alpha value is -9.18. The van der Waals surface area contributed by atoms with Gasteiger partial charge < -0.3 is 69.6 Å². The minimum absolute atomic E-state index is 0. The molecule has 22 nitrogen and oxygen atoms in total. The summed E-state index contributed by atoms with van der Waals surface area (Å²) in [6.45, 7) is 3.69. The first-order chi connectivity index (χ1) is 43.9. The zero-order valence-electron chi connectivity index (χ0n) is 50.3. The van der Waals surface area contributed by atoms with Crippen molar-refractivity contribution in [3.05, 3.63) is 162 Å². The van der Waals surface area contributed by atoms with E-state index in [1.807, 2.05) is 109 Å². The number of fused-ring (bicyclic) bond motifs is 3. The lowest BCUT2D eigenvalue weighted by atomic mass is 9.99. The Labute approximate surface area is 543 Å². The standard InChI is InChI=1S/C63H73N11O9S2.C2HF3O2.CH4/c1-36(2)55-63(83)73-54(61(81)69-50(56(66)76)31-39-19-23-41-12-4-6-14-43(41)28-39)35-85-84-34-53(72-57(77)47(65)29-38-18-22-40-11-3-5-13-42(40)27-38)62(82)70-51(30-37-20-24-45(75)25-21-37)59(79)71-52(32-44-33-67-48-16-8-7-15-46(44)48)60(80)68-49(58(78)74-55)17-9-10-26-64;3-2(4,5)1(6)7;/h3-8,11-16,18-25,27-28,33,36,47,49-55,67,75H,9-10,17,26,29-32,34-35,64-65H2,1-2H3,(H2,66,76)(H,68,80)(H,69,81)(H,70,82)(H,71,79)(H,72,77)(H,73,83)(H,74,78);(H,6,7);1H4/t47-,49+,50+,51+,52-,53+,54+,55+;;/m1../s1. The lowest BCUT2D eigenvalue weighted by Crippen LogP contribution is -2.61. The van der Waals surface area contributed by atoms with Gasteiger partial charge in [0, 0.05) is 47.9 Å². The third-order valence-electron chi connectivity index (χ3n) is 15.1. The first kappa shape index (κ1) is 72.9. The summed E-state index contributed by atoms with van der Waals surface area (Å²) in [5.41, 5.74) is 21.8. The normalized spacial score (nSPS) is 19.4. The number of nitrogens with one attached hydrogen (secondary N) is 8. The van der Waals surface area contributed by atoms with E-state index in [4.69, 9.17) is 27.1 Å². The smallest absolute Gasteiger partial charge is 0.490 e. The number of hydrogen-bond donors (Lipinski definition) is 13. The summed E-state index contributed by atoms with van der Waals surface area (Å²) in [5.74, 6) is -9.84. The maximum atomic E-state index is 15.0. The maximum Gasteiger partial charge on any atom is 0.490 e. The molecule has 0 aliphatic carbocycles. The third kappa shape index (κ3) is 21.4. The summed E-state index contributed by atoms with van der Waals surface area (Å²) in [4.78, 5) is 128. The number of alkyl halides is 3. The van der Waals surface area contributed by atoms with Gasteiger partial charge in [-0.2, -0.15) is 13.2 Å². The number of unbranched alkanes of at least 4 members (excludes halogenated alkanes) is 1. The van der Waals surface area contributed by atoms with Gasteiger partial charge in [-0.25, -0.2) is 4.79 Å². The van der Waals surface area contributed by atoms with E-state index >= 15 is 0 Å². The number of phenolic OH excluding ortho intramolecular Hbond substituents is 1. The van der Waals surface area contributed by atoms with Crippen molar-refractivity contribution in [2.45, 2.75) is 121 Å². The van der Waals surface area contributed by atoms with Crippen molar-refractivity contribution in [3.8, 4) is 5.75 Å². The highest BCUT2D eigenvalue weighted by atomic mass is 33.1. The Morgan fingerprint density at radius 2 is 1.17 bits per heavy atom. The molecule has 0 saturated carbocycles. The summed E-state index contributed by atoms with van der Waals surface area (Å²) in [6, 6.07) is 29.7. The van der Waals surface area contributed by atoms with Crippen LogP contribution in [0.2, 0.25) is 0 Å². The molecule has 1 aromatic heterocycles. The number of carbonyl (C=O) groups excluding carboxylic acids is 8. The molecule has 8 amide bonds. The third-order valence-corrected chi connectivity index (χ3v) is 17.6. The minimum atomic E-state index is -5.08. The number of hydrogen-bond acceptors (Lipinski definition) is 14. The number of nitrogens with two attached hydrogens (primary N) is 3. The first-order valence-electron chi connectivity index (χ1n) is 29.6. The lowest BCUT2D eigenvalue weighted by molar-refractivity contribution is -0.192. The molecule has 8 atom stereocenters. The summed E-state index contributed by atoms with van der Waals surface area (Å²) in [7, 11) is 2.14. The molecule has 6 aromatic carbocycles. The van der Waals surface area contributed by atoms with E-state index < -0.39 is 114 Å². The van der Waals surface area contributed by atoms with Gasteiger partial charge in [0.1, 0.15) is 48.0 Å². The summed E-state index contributed by atoms with van der Waals surface area (Å²) < 4.78 is 31.7. The number of benzene rings is 6. The van der Waals surface area contributed by atoms with Gasteiger partial charge in [-0.15, -0.1) is 0 Å². The molecule has 0 bridgehead atoms. The SMILES string of the molecule is C.CC(C)[C@@H]1NC(=O)[C@H](CCCCN)NC(=O)[C@@H](Cc2c[nH]c3ccccc23)NC(=O)[C@H](Cc2ccc(O)cc2)NC(=O)[C@@H](NC(=O)[C@H](N)Cc2ccc3ccccc3c2)CSSC[C@@H](C(=O)N[C@@H](Cc2ccc3ccccc3c2)C(N)=O)NC1=O.O=C(O)C(F)(F)F. The van der Waals surface area contributed by atoms with Crippen LogP contribution in [0.4, 0.5) is 13.2 Å². The second-order valence-corrected chi connectivity index (χ2v) is 25.0. The molecule has 0 spiro atoms. The van der Waals surface area contributed by atoms with Gasteiger partial charge in [-0.3, -0.25) is 38.4 Å². The van der Waals surface area contributed by atoms with Crippen LogP contribution in [0.3, 0.4) is 0 Å². The van der Waals surface area contributed by atoms with Crippen molar-refractivity contribution in [1.82, 2.24) is 42.2 Å². The van der Waals surface area contributed by atoms with E-state index in [0.29, 0.717) is 29.5 Å². The molecule has 7 aromatic rings. The van der Waals surface area contributed by atoms with Crippen LogP contribution in [-0.2, 0) is 68.8 Å². The summed E-state index contributed by atoms with van der Waals surface area (Å²) in [6.07, 6.45) is -2.52. The van der Waals surface area contributed by atoms with Crippen LogP contribution in [0.1, 0.15) is 62.8 Å². The quantitative estimate of drug-likeness (QED) is 0.0392. The average Bonchev–Trinajstić information content (AvgIpc) is 2.01. The molecule has 1 fully saturated rings. The Bertz CT molecular complexity index is 3760. The molecule has 1 aliphatic rings. The van der Waals surface area contributed by atoms with Crippen LogP contribution in [0.5, 0.6) is 5.75 Å². The molecule has 8 rings (SSSR count). The number of rotatable bonds is 18. The average molecular weight is 1320 g/mol. The van der Waals surface area contributed by atoms with Gasteiger partial charge >= 0.3 is 12.1 Å². The minimum Gasteiger partial charge on any atom is -0.508 e. The monoisotopic (exact) mass is 1320 g/mol. The number of carboxylic acid groups (broad SMARTS) is 1. The second kappa shape index (κ2) is 34.5. The Balaban J connectivity index is 0.00000162. The number of carbonyl (C=O) groups is 9. The molecule has 93 heavy (non-hydrogen) atoms. The number of halogens is 3. The molecule has 1 saturated heterocycles. The zero-order valence-corrected chi connectivity index (χ0v) is 51.9. The van der Waals surface area contributed by atoms with Crippen LogP contribution in [0.15, 0.2) is 140 Å². The van der Waals surface area contributed by atoms with E-state index in [1.165, 1.54) is 12.1 Å². The number of H-pyrrole nitrogens is 1. The van der Waals surface area contributed by atoms with E-state index in [2.05, 4.69) is 42.2 Å². The predicted molar refractivity (Wildman–Crippen MR) is 353 cm³/mol. The molecule has 496 valence electrons. The number of carboxylic acids is 1. The van der Waals surface area contributed by atoms with Crippen LogP contribution in [-0.4, -0.2) is 141 Å². The summed E-state index contributed by atoms with van der Waals surface area (Å²) in [5, 5.41) is 41.6. The van der Waals surface area contributed by atoms with E-state index in [-0.39, 0.29) is 63.3 Å². The fraction of sp³-hybridized carbons (Fsp3) is 0.348. The van der Waals surface area contributed by atoms with Crippen molar-refractivity contribution in [1.29, 1.82) is 0 Å². The largest absolute Gasteiger partial charge is 0.508 e. The Kier molecular flexibility index (Phi) is 27.0. The van der Waals surface area contributed by atoms with Crippen molar-refractivity contribution >= 4 is 107 Å². The number of aromatic hydroxyl groups is 1. The molecule has 27 heteroatoms. The fourth-order valence-electron chi connectivity index (χ4n) is 10.1. The van der Waals surface area contributed by atoms with Crippen molar-refractivity contribution in [3.63, 3.8) is 0 Å². The lowest BCUT2D eigenvalue weighted by Gasteiger charge is -2.29. The number of aromatic amines is 1. The van der Waals surface area contributed by atoms with Gasteiger partial charge in [0.05, 0.1) is 6.04 Å². The van der Waals surface area contributed by atoms with E-state index in [0.717, 1.165) is 59.6 Å². The van der Waals surface area contributed by atoms with Gasteiger partial charge in [0.15, 0.2) is 0 Å². The zero-order chi connectivity index (χ0) is 66.6. The van der Waals surface area contributed by atoms with Crippen LogP contribution < -0.4 is 54.4 Å². The molecular formula is C66H78F3N11O11S2. The van der Waals surface area contributed by atoms with E-state index in [1.54, 1.807) is 32.2 Å². The molecule has 16 N–H and O–H groups in total. The van der Waals surface area contributed by atoms with Crippen LogP contribution >= 0.6 is 21.6 Å². The van der Waals surface area contributed by atoms with E-state index in [9.17, 15) is 56.6 Å². The molecule has 0 radical (unpaired) electrons. The molecular weight excluding hydrogens is 1240 g/mol. The van der Waals surface area contributed by atoms with Crippen molar-refractivity contribution in [2.75, 3.05) is 18.1 Å². The maximum absolute atomic E-state index is 15.0. The highest BCUT2D eigenvalue weighted by Crippen LogP contribution is 2.26. The molecule has 2 heterocycles. The number of para-hydroxylation sites is 1. The highest BCUT2D eigenvalue weighted by molar-refractivity contribution is 8.76. The number of phenols is 1. The number of amides is 8. The van der Waals surface area contributed by atoms with Gasteiger partial charge in [-0.05, 0) is 100 Å². The predicted octanol–water partition coefficient (Wildman–Crippen LogP) is 5.11. The Morgan fingerprint density at radius 3 is 1.76 bits per heavy atom. The fourth-order valence-corrected chi connectivity index (χ4v) is 12.4. The number of aromatic nitrogens is 1. The topological polar surface area (TPSA) is 372 Å². The first-order valence-corrected chi connectivity index (χ1v) is 32.1. The van der Waals surface area contributed by atoms with Crippen molar-refractivity contribution < 1.29 is 66.5 Å². The van der Waals surface area contributed by atoms with Gasteiger partial charge in [-0.1, -0.05) is 158 Å². The number of aliphatic carboxylic acids is 1. The van der Waals surface area contributed by atoms with Crippen molar-refractivity contribution in [2.24, 2.45) is 23.1 Å². The number of primary amides is 1. The highest BCUT2D eigenvalue weighted by Gasteiger charge is 2.39. The van der Waals surface area contributed by atoms with Crippen LogP contribution in [0.25, 0.3) is 32.4 Å². The molecule has 1 aliphatic heterocycles. The van der Waals surface area contributed by atoms with Gasteiger partial charge in [0.25, 0.3) is 0 Å². The second-order valence-electron chi connectivity index (χ2n) is 22.5. The van der Waals surface area contributed by atoms with Crippen LogP contribution in [0, 0.1) is 5.92 Å².